The van der Waals surface area contributed by atoms with Crippen LogP contribution in [0.15, 0.2) is 28.8 Å². The fraction of sp³-hybridized carbons (Fsp3) is 0.333. The Balaban J connectivity index is 1.59. The van der Waals surface area contributed by atoms with Crippen LogP contribution >= 0.6 is 0 Å². The molecule has 26 heavy (non-hydrogen) atoms. The molecule has 0 aliphatic carbocycles. The highest BCUT2D eigenvalue weighted by atomic mass is 16.5. The lowest BCUT2D eigenvalue weighted by Gasteiger charge is -2.04. The Labute approximate surface area is 151 Å². The maximum Gasteiger partial charge on any atom is 0.227 e. The third-order valence-corrected chi connectivity index (χ3v) is 4.16. The molecule has 2 heterocycles. The number of rotatable bonds is 6. The molecular weight excluding hydrogens is 334 g/mol. The van der Waals surface area contributed by atoms with Gasteiger partial charge in [0.25, 0.3) is 0 Å². The van der Waals surface area contributed by atoms with Crippen LogP contribution in [0.25, 0.3) is 11.4 Å². The van der Waals surface area contributed by atoms with Crippen LogP contribution < -0.4 is 10.1 Å². The number of ether oxygens (including phenoxy) is 1. The third-order valence-electron chi connectivity index (χ3n) is 4.16. The van der Waals surface area contributed by atoms with Crippen molar-refractivity contribution < 1.29 is 14.1 Å². The second kappa shape index (κ2) is 7.38. The Morgan fingerprint density at radius 3 is 2.62 bits per heavy atom. The van der Waals surface area contributed by atoms with E-state index >= 15 is 0 Å². The highest BCUT2D eigenvalue weighted by Crippen LogP contribution is 2.21. The number of carbonyl (C=O) groups excluding carboxylic acids is 1. The van der Waals surface area contributed by atoms with Crippen LogP contribution in [0.1, 0.15) is 23.7 Å². The summed E-state index contributed by atoms with van der Waals surface area (Å²) in [6.07, 6.45) is 0.616. The zero-order valence-electron chi connectivity index (χ0n) is 15.2. The summed E-state index contributed by atoms with van der Waals surface area (Å²) in [5.74, 6) is 1.55. The Morgan fingerprint density at radius 2 is 2.00 bits per heavy atom. The van der Waals surface area contributed by atoms with Crippen LogP contribution in [0.2, 0.25) is 0 Å². The normalized spacial score (nSPS) is 10.8. The van der Waals surface area contributed by atoms with Crippen LogP contribution in [0, 0.1) is 13.8 Å². The Bertz CT molecular complexity index is 912. The summed E-state index contributed by atoms with van der Waals surface area (Å²) >= 11 is 0. The molecule has 0 spiro atoms. The molecule has 3 rings (SSSR count). The highest BCUT2D eigenvalue weighted by molar-refractivity contribution is 5.91. The fourth-order valence-corrected chi connectivity index (χ4v) is 2.59. The molecule has 0 atom stereocenters. The molecule has 8 heteroatoms. The SMILES string of the molecule is COc1ccc(-c2noc(CCC(=O)Nc3c(C)nn(C)c3C)n2)cc1. The van der Waals surface area contributed by atoms with Crippen molar-refractivity contribution in [2.75, 3.05) is 12.4 Å². The molecule has 2 aromatic heterocycles. The minimum absolute atomic E-state index is 0.117. The predicted molar refractivity (Wildman–Crippen MR) is 95.9 cm³/mol. The average Bonchev–Trinajstić information content (AvgIpc) is 3.21. The molecule has 0 bridgehead atoms. The van der Waals surface area contributed by atoms with Crippen LogP contribution in [-0.2, 0) is 18.3 Å². The molecule has 0 unspecified atom stereocenters. The third kappa shape index (κ3) is 3.74. The second-order valence-electron chi connectivity index (χ2n) is 5.96. The minimum atomic E-state index is -0.117. The van der Waals surface area contributed by atoms with Crippen LogP contribution in [0.5, 0.6) is 5.75 Å². The minimum Gasteiger partial charge on any atom is -0.497 e. The summed E-state index contributed by atoms with van der Waals surface area (Å²) in [6, 6.07) is 7.37. The summed E-state index contributed by atoms with van der Waals surface area (Å²) in [5.41, 5.74) is 3.28. The van der Waals surface area contributed by atoms with E-state index in [1.807, 2.05) is 45.2 Å². The molecule has 8 nitrogen and oxygen atoms in total. The average molecular weight is 355 g/mol. The number of amides is 1. The first-order chi connectivity index (χ1) is 12.5. The maximum absolute atomic E-state index is 12.2. The second-order valence-corrected chi connectivity index (χ2v) is 5.96. The van der Waals surface area contributed by atoms with Gasteiger partial charge in [-0.1, -0.05) is 5.16 Å². The van der Waals surface area contributed by atoms with Crippen molar-refractivity contribution in [2.45, 2.75) is 26.7 Å². The first kappa shape index (κ1) is 17.7. The molecule has 0 fully saturated rings. The van der Waals surface area contributed by atoms with Crippen LogP contribution in [0.4, 0.5) is 5.69 Å². The zero-order chi connectivity index (χ0) is 18.7. The van der Waals surface area contributed by atoms with Gasteiger partial charge in [-0.2, -0.15) is 10.1 Å². The highest BCUT2D eigenvalue weighted by Gasteiger charge is 2.14. The molecule has 0 radical (unpaired) electrons. The van der Waals surface area contributed by atoms with Crippen molar-refractivity contribution in [3.05, 3.63) is 41.5 Å². The molecular formula is C18H21N5O3. The first-order valence-electron chi connectivity index (χ1n) is 8.25. The van der Waals surface area contributed by atoms with Crippen molar-refractivity contribution in [3.8, 4) is 17.1 Å². The van der Waals surface area contributed by atoms with Gasteiger partial charge in [0.15, 0.2) is 0 Å². The van der Waals surface area contributed by atoms with Gasteiger partial charge in [0, 0.05) is 25.5 Å². The summed E-state index contributed by atoms with van der Waals surface area (Å²) in [4.78, 5) is 16.5. The topological polar surface area (TPSA) is 95.1 Å². The number of carbonyl (C=O) groups is 1. The number of nitrogens with one attached hydrogen (secondary N) is 1. The van der Waals surface area contributed by atoms with Gasteiger partial charge in [0.2, 0.25) is 17.6 Å². The van der Waals surface area contributed by atoms with E-state index in [9.17, 15) is 4.79 Å². The number of hydrogen-bond donors (Lipinski definition) is 1. The number of aryl methyl sites for hydroxylation is 3. The predicted octanol–water partition coefficient (Wildman–Crippen LogP) is 2.67. The van der Waals surface area contributed by atoms with Crippen molar-refractivity contribution in [1.29, 1.82) is 0 Å². The van der Waals surface area contributed by atoms with Crippen molar-refractivity contribution >= 4 is 11.6 Å². The summed E-state index contributed by atoms with van der Waals surface area (Å²) in [6.45, 7) is 3.77. The van der Waals surface area contributed by atoms with Crippen molar-refractivity contribution in [2.24, 2.45) is 7.05 Å². The smallest absolute Gasteiger partial charge is 0.227 e. The number of nitrogens with zero attached hydrogens (tertiary/aromatic N) is 4. The van der Waals surface area contributed by atoms with Crippen LogP contribution in [-0.4, -0.2) is 32.9 Å². The number of aromatic nitrogens is 4. The van der Waals surface area contributed by atoms with Gasteiger partial charge >= 0.3 is 0 Å². The molecule has 3 aromatic rings. The van der Waals surface area contributed by atoms with Gasteiger partial charge in [-0.15, -0.1) is 0 Å². The fourth-order valence-electron chi connectivity index (χ4n) is 2.59. The number of methoxy groups -OCH3 is 1. The van der Waals surface area contributed by atoms with Gasteiger partial charge < -0.3 is 14.6 Å². The largest absolute Gasteiger partial charge is 0.497 e. The van der Waals surface area contributed by atoms with Crippen molar-refractivity contribution in [1.82, 2.24) is 19.9 Å². The quantitative estimate of drug-likeness (QED) is 0.730. The van der Waals surface area contributed by atoms with Gasteiger partial charge in [-0.25, -0.2) is 0 Å². The molecule has 0 aliphatic rings. The van der Waals surface area contributed by atoms with Gasteiger partial charge in [0.05, 0.1) is 24.2 Å². The maximum atomic E-state index is 12.2. The number of benzene rings is 1. The van der Waals surface area contributed by atoms with E-state index in [0.717, 1.165) is 28.4 Å². The lowest BCUT2D eigenvalue weighted by molar-refractivity contribution is -0.116. The molecule has 0 saturated carbocycles. The van der Waals surface area contributed by atoms with E-state index < -0.39 is 0 Å². The monoisotopic (exact) mass is 355 g/mol. The number of hydrogen-bond acceptors (Lipinski definition) is 6. The summed E-state index contributed by atoms with van der Waals surface area (Å²) in [5, 5.41) is 11.1. The van der Waals surface area contributed by atoms with Crippen molar-refractivity contribution in [3.63, 3.8) is 0 Å². The molecule has 0 saturated heterocycles. The van der Waals surface area contributed by atoms with E-state index in [2.05, 4.69) is 20.6 Å². The van der Waals surface area contributed by atoms with E-state index in [1.54, 1.807) is 11.8 Å². The Morgan fingerprint density at radius 1 is 1.27 bits per heavy atom. The first-order valence-corrected chi connectivity index (χ1v) is 8.25. The van der Waals surface area contributed by atoms with Gasteiger partial charge in [-0.05, 0) is 38.1 Å². The van der Waals surface area contributed by atoms with Crippen LogP contribution in [0.3, 0.4) is 0 Å². The summed E-state index contributed by atoms with van der Waals surface area (Å²) in [7, 11) is 3.46. The molecule has 1 N–H and O–H groups in total. The molecule has 136 valence electrons. The summed E-state index contributed by atoms with van der Waals surface area (Å²) < 4.78 is 12.1. The van der Waals surface area contributed by atoms with Gasteiger partial charge in [0.1, 0.15) is 5.75 Å². The van der Waals surface area contributed by atoms with E-state index in [1.165, 1.54) is 0 Å². The van der Waals surface area contributed by atoms with E-state index in [-0.39, 0.29) is 12.3 Å². The lowest BCUT2D eigenvalue weighted by atomic mass is 10.2. The standard InChI is InChI=1S/C18H21N5O3/c1-11-17(12(2)23(3)21-11)19-15(24)9-10-16-20-18(22-26-16)13-5-7-14(25-4)8-6-13/h5-8H,9-10H2,1-4H3,(H,19,24). The van der Waals surface area contributed by atoms with E-state index in [0.29, 0.717) is 18.1 Å². The molecule has 0 aliphatic heterocycles. The Kier molecular flexibility index (Phi) is 5.01. The Hall–Kier alpha value is -3.16. The van der Waals surface area contributed by atoms with Gasteiger partial charge in [-0.3, -0.25) is 9.48 Å². The molecule has 1 aromatic carbocycles. The van der Waals surface area contributed by atoms with E-state index in [4.69, 9.17) is 9.26 Å². The molecule has 1 amide bonds. The number of anilines is 1. The zero-order valence-corrected chi connectivity index (χ0v) is 15.2. The lowest BCUT2D eigenvalue weighted by Crippen LogP contribution is -2.13.